The third-order valence-electron chi connectivity index (χ3n) is 4.59. The zero-order valence-corrected chi connectivity index (χ0v) is 14.4. The summed E-state index contributed by atoms with van der Waals surface area (Å²) in [5, 5.41) is 12.3. The summed E-state index contributed by atoms with van der Waals surface area (Å²) in [6, 6.07) is 7.83. The number of hydrogen-bond acceptors (Lipinski definition) is 4. The van der Waals surface area contributed by atoms with Gasteiger partial charge in [0.25, 0.3) is 5.91 Å². The van der Waals surface area contributed by atoms with Crippen molar-refractivity contribution in [3.05, 3.63) is 41.0 Å². The van der Waals surface area contributed by atoms with E-state index in [-0.39, 0.29) is 17.5 Å². The molecule has 1 heterocycles. The van der Waals surface area contributed by atoms with Crippen molar-refractivity contribution in [2.24, 2.45) is 0 Å². The topological polar surface area (TPSA) is 71.3 Å². The van der Waals surface area contributed by atoms with Crippen molar-refractivity contribution < 1.29 is 14.3 Å². The molecule has 0 radical (unpaired) electrons. The maximum absolute atomic E-state index is 12.4. The summed E-state index contributed by atoms with van der Waals surface area (Å²) < 4.78 is 11.0. The van der Waals surface area contributed by atoms with Crippen molar-refractivity contribution in [1.29, 1.82) is 5.26 Å². The molecule has 1 aliphatic carbocycles. The largest absolute Gasteiger partial charge is 0.493 e. The molecule has 0 spiro atoms. The summed E-state index contributed by atoms with van der Waals surface area (Å²) in [7, 11) is 1.60. The van der Waals surface area contributed by atoms with Crippen LogP contribution in [0.25, 0.3) is 6.08 Å². The van der Waals surface area contributed by atoms with Gasteiger partial charge in [-0.1, -0.05) is 31.4 Å². The van der Waals surface area contributed by atoms with E-state index in [1.54, 1.807) is 13.2 Å². The van der Waals surface area contributed by atoms with Crippen molar-refractivity contribution in [3.63, 3.8) is 0 Å². The minimum absolute atomic E-state index is 0.117. The second-order valence-electron chi connectivity index (χ2n) is 6.36. The summed E-state index contributed by atoms with van der Waals surface area (Å²) in [6.07, 6.45) is 9.00. The number of ether oxygens (including phenoxy) is 2. The molecular formula is C20H22N2O3. The molecule has 0 saturated heterocycles. The molecule has 130 valence electrons. The molecule has 25 heavy (non-hydrogen) atoms. The van der Waals surface area contributed by atoms with E-state index >= 15 is 0 Å². The maximum atomic E-state index is 12.4. The average molecular weight is 338 g/mol. The standard InChI is InChI=1S/C20H22N2O3/c1-24-18-9-5-6-15-10-14(13-25-19(15)18)11-16(12-21)20(23)22-17-7-3-2-4-8-17/h5-6,9-11,17H,2-4,7-8,13H2,1H3,(H,22,23)/b16-11-. The molecule has 1 aromatic rings. The molecule has 2 aliphatic rings. The number of benzene rings is 1. The smallest absolute Gasteiger partial charge is 0.262 e. The van der Waals surface area contributed by atoms with E-state index in [9.17, 15) is 10.1 Å². The third-order valence-corrected chi connectivity index (χ3v) is 4.59. The molecule has 5 heteroatoms. The number of carbonyl (C=O) groups is 1. The van der Waals surface area contributed by atoms with Crippen molar-refractivity contribution in [3.8, 4) is 17.6 Å². The Bertz CT molecular complexity index is 753. The Hall–Kier alpha value is -2.74. The van der Waals surface area contributed by atoms with Gasteiger partial charge >= 0.3 is 0 Å². The number of nitrogens with one attached hydrogen (secondary N) is 1. The number of rotatable bonds is 4. The molecule has 0 unspecified atom stereocenters. The Morgan fingerprint density at radius 3 is 2.88 bits per heavy atom. The third kappa shape index (κ3) is 4.03. The van der Waals surface area contributed by atoms with Crippen LogP contribution in [-0.4, -0.2) is 25.7 Å². The van der Waals surface area contributed by atoms with Gasteiger partial charge in [0, 0.05) is 11.6 Å². The fourth-order valence-corrected chi connectivity index (χ4v) is 3.29. The fraction of sp³-hybridized carbons (Fsp3) is 0.400. The van der Waals surface area contributed by atoms with Crippen LogP contribution in [0.4, 0.5) is 0 Å². The molecule has 1 saturated carbocycles. The summed E-state index contributed by atoms with van der Waals surface area (Å²) >= 11 is 0. The van der Waals surface area contributed by atoms with Crippen LogP contribution >= 0.6 is 0 Å². The van der Waals surface area contributed by atoms with Gasteiger partial charge in [-0.25, -0.2) is 0 Å². The van der Waals surface area contributed by atoms with Gasteiger partial charge in [0.1, 0.15) is 18.2 Å². The number of hydrogen-bond donors (Lipinski definition) is 1. The molecule has 5 nitrogen and oxygen atoms in total. The Kier molecular flexibility index (Phi) is 5.39. The minimum Gasteiger partial charge on any atom is -0.493 e. The second-order valence-corrected chi connectivity index (χ2v) is 6.36. The SMILES string of the molecule is COc1cccc2c1OCC(/C=C(/C#N)C(=O)NC1CCCCC1)=C2. The summed E-state index contributed by atoms with van der Waals surface area (Å²) in [6.45, 7) is 0.301. The zero-order valence-electron chi connectivity index (χ0n) is 14.4. The minimum atomic E-state index is -0.299. The number of methoxy groups -OCH3 is 1. The lowest BCUT2D eigenvalue weighted by Crippen LogP contribution is -2.36. The van der Waals surface area contributed by atoms with E-state index < -0.39 is 0 Å². The number of nitrogens with zero attached hydrogens (tertiary/aromatic N) is 1. The molecule has 0 bridgehead atoms. The number of para-hydroxylation sites is 1. The summed E-state index contributed by atoms with van der Waals surface area (Å²) in [5.41, 5.74) is 1.78. The average Bonchev–Trinajstić information content (AvgIpc) is 2.66. The lowest BCUT2D eigenvalue weighted by Gasteiger charge is -2.22. The monoisotopic (exact) mass is 338 g/mol. The van der Waals surface area contributed by atoms with Crippen LogP contribution in [0.5, 0.6) is 11.5 Å². The van der Waals surface area contributed by atoms with Gasteiger partial charge < -0.3 is 14.8 Å². The van der Waals surface area contributed by atoms with Crippen LogP contribution in [0.2, 0.25) is 0 Å². The Labute approximate surface area is 147 Å². The molecule has 1 aliphatic heterocycles. The zero-order chi connectivity index (χ0) is 17.6. The highest BCUT2D eigenvalue weighted by Crippen LogP contribution is 2.35. The maximum Gasteiger partial charge on any atom is 0.262 e. The van der Waals surface area contributed by atoms with E-state index in [2.05, 4.69) is 5.32 Å². The highest BCUT2D eigenvalue weighted by Gasteiger charge is 2.20. The van der Waals surface area contributed by atoms with Gasteiger partial charge in [-0.3, -0.25) is 4.79 Å². The van der Waals surface area contributed by atoms with Crippen molar-refractivity contribution in [2.75, 3.05) is 13.7 Å². The molecule has 1 aromatic carbocycles. The molecule has 1 amide bonds. The highest BCUT2D eigenvalue weighted by atomic mass is 16.5. The first-order valence-corrected chi connectivity index (χ1v) is 8.64. The van der Waals surface area contributed by atoms with Gasteiger partial charge in [-0.15, -0.1) is 0 Å². The number of fused-ring (bicyclic) bond motifs is 1. The summed E-state index contributed by atoms with van der Waals surface area (Å²) in [5.74, 6) is 1.06. The first-order chi connectivity index (χ1) is 12.2. The van der Waals surface area contributed by atoms with E-state index in [1.807, 2.05) is 30.3 Å². The fourth-order valence-electron chi connectivity index (χ4n) is 3.29. The van der Waals surface area contributed by atoms with Crippen LogP contribution < -0.4 is 14.8 Å². The van der Waals surface area contributed by atoms with Crippen LogP contribution in [-0.2, 0) is 4.79 Å². The number of nitriles is 1. The Balaban J connectivity index is 1.76. The Morgan fingerprint density at radius 2 is 2.16 bits per heavy atom. The van der Waals surface area contributed by atoms with Crippen LogP contribution in [0, 0.1) is 11.3 Å². The van der Waals surface area contributed by atoms with E-state index in [0.29, 0.717) is 18.1 Å². The lowest BCUT2D eigenvalue weighted by molar-refractivity contribution is -0.118. The predicted molar refractivity (Wildman–Crippen MR) is 95.2 cm³/mol. The van der Waals surface area contributed by atoms with Gasteiger partial charge in [0.15, 0.2) is 11.5 Å². The van der Waals surface area contributed by atoms with Crippen molar-refractivity contribution in [1.82, 2.24) is 5.32 Å². The highest BCUT2D eigenvalue weighted by molar-refractivity contribution is 5.98. The van der Waals surface area contributed by atoms with Gasteiger partial charge in [0.05, 0.1) is 7.11 Å². The second kappa shape index (κ2) is 7.89. The number of amides is 1. The van der Waals surface area contributed by atoms with E-state index in [4.69, 9.17) is 9.47 Å². The molecule has 1 N–H and O–H groups in total. The van der Waals surface area contributed by atoms with Gasteiger partial charge in [0.2, 0.25) is 0 Å². The molecule has 0 aromatic heterocycles. The first kappa shape index (κ1) is 17.1. The van der Waals surface area contributed by atoms with E-state index in [1.165, 1.54) is 6.42 Å². The molecule has 0 atom stereocenters. The molecule has 3 rings (SSSR count). The van der Waals surface area contributed by atoms with Gasteiger partial charge in [-0.05, 0) is 36.6 Å². The van der Waals surface area contributed by atoms with Crippen molar-refractivity contribution >= 4 is 12.0 Å². The van der Waals surface area contributed by atoms with Crippen LogP contribution in [0.1, 0.15) is 37.7 Å². The van der Waals surface area contributed by atoms with Crippen molar-refractivity contribution in [2.45, 2.75) is 38.1 Å². The van der Waals surface area contributed by atoms with Crippen LogP contribution in [0.3, 0.4) is 0 Å². The predicted octanol–water partition coefficient (Wildman–Crippen LogP) is 3.37. The van der Waals surface area contributed by atoms with E-state index in [0.717, 1.165) is 36.8 Å². The first-order valence-electron chi connectivity index (χ1n) is 8.64. The normalized spacial score (nSPS) is 17.6. The Morgan fingerprint density at radius 1 is 1.36 bits per heavy atom. The summed E-state index contributed by atoms with van der Waals surface area (Å²) in [4.78, 5) is 12.4. The molecule has 1 fully saturated rings. The quantitative estimate of drug-likeness (QED) is 0.675. The number of carbonyl (C=O) groups excluding carboxylic acids is 1. The molecular weight excluding hydrogens is 316 g/mol. The van der Waals surface area contributed by atoms with Gasteiger partial charge in [-0.2, -0.15) is 5.26 Å². The lowest BCUT2D eigenvalue weighted by atomic mass is 9.95. The van der Waals surface area contributed by atoms with Crippen LogP contribution in [0.15, 0.2) is 35.4 Å².